The van der Waals surface area contributed by atoms with Gasteiger partial charge in [-0.2, -0.15) is 4.68 Å². The highest BCUT2D eigenvalue weighted by Gasteiger charge is 2.08. The van der Waals surface area contributed by atoms with E-state index in [9.17, 15) is 8.78 Å². The van der Waals surface area contributed by atoms with Crippen molar-refractivity contribution < 1.29 is 8.78 Å². The Kier molecular flexibility index (Phi) is 2.38. The van der Waals surface area contributed by atoms with Gasteiger partial charge in [0, 0.05) is 6.07 Å². The molecule has 0 radical (unpaired) electrons. The summed E-state index contributed by atoms with van der Waals surface area (Å²) in [6.45, 7) is 0.0884. The Balaban J connectivity index is 2.53. The number of halogens is 2. The van der Waals surface area contributed by atoms with E-state index in [1.165, 1.54) is 4.68 Å². The molecule has 0 atom stereocenters. The van der Waals surface area contributed by atoms with Crippen LogP contribution >= 0.6 is 0 Å². The molecule has 1 heterocycles. The maximum atomic E-state index is 12.9. The molecular weight excluding hydrogens is 204 g/mol. The molecule has 5 nitrogen and oxygen atoms in total. The highest BCUT2D eigenvalue weighted by atomic mass is 19.1. The lowest BCUT2D eigenvalue weighted by Gasteiger charge is -2.02. The van der Waals surface area contributed by atoms with Gasteiger partial charge in [-0.3, -0.25) is 0 Å². The molecule has 7 heteroatoms. The van der Waals surface area contributed by atoms with Crippen molar-refractivity contribution in [3.63, 3.8) is 0 Å². The Morgan fingerprint density at radius 2 is 1.87 bits per heavy atom. The maximum Gasteiger partial charge on any atom is 0.170 e. The second-order valence-electron chi connectivity index (χ2n) is 2.84. The fraction of sp³-hybridized carbons (Fsp3) is 0.125. The van der Waals surface area contributed by atoms with E-state index in [-0.39, 0.29) is 12.2 Å². The van der Waals surface area contributed by atoms with Gasteiger partial charge in [-0.15, -0.1) is 5.10 Å². The van der Waals surface area contributed by atoms with E-state index in [0.29, 0.717) is 5.82 Å². The van der Waals surface area contributed by atoms with Crippen molar-refractivity contribution in [1.29, 1.82) is 0 Å². The van der Waals surface area contributed by atoms with Crippen molar-refractivity contribution in [3.05, 3.63) is 35.7 Å². The monoisotopic (exact) mass is 211 g/mol. The topological polar surface area (TPSA) is 69.6 Å². The lowest BCUT2D eigenvalue weighted by Crippen LogP contribution is -2.08. The lowest BCUT2D eigenvalue weighted by atomic mass is 10.3. The number of hydrogen-bond donors (Lipinski definition) is 1. The molecule has 0 saturated carbocycles. The zero-order chi connectivity index (χ0) is 10.8. The molecular formula is C8H7F2N5. The zero-order valence-electron chi connectivity index (χ0n) is 7.56. The Bertz CT molecular complexity index is 461. The molecule has 2 N–H and O–H groups in total. The van der Waals surface area contributed by atoms with Crippen LogP contribution in [-0.4, -0.2) is 20.2 Å². The van der Waals surface area contributed by atoms with E-state index >= 15 is 0 Å². The molecule has 2 aromatic rings. The summed E-state index contributed by atoms with van der Waals surface area (Å²) < 4.78 is 27.0. The van der Waals surface area contributed by atoms with E-state index in [1.807, 2.05) is 0 Å². The number of benzene rings is 1. The average Bonchev–Trinajstić information content (AvgIpc) is 2.63. The van der Waals surface area contributed by atoms with Crippen LogP contribution in [0, 0.1) is 11.6 Å². The van der Waals surface area contributed by atoms with Crippen LogP contribution < -0.4 is 5.73 Å². The minimum atomic E-state index is -0.691. The third-order valence-electron chi connectivity index (χ3n) is 1.81. The molecule has 0 bridgehead atoms. The van der Waals surface area contributed by atoms with Gasteiger partial charge in [0.2, 0.25) is 0 Å². The van der Waals surface area contributed by atoms with Crippen LogP contribution in [-0.2, 0) is 6.54 Å². The van der Waals surface area contributed by atoms with Crippen molar-refractivity contribution in [2.24, 2.45) is 5.73 Å². The largest absolute Gasteiger partial charge is 0.324 e. The normalized spacial score (nSPS) is 10.6. The van der Waals surface area contributed by atoms with E-state index in [4.69, 9.17) is 5.73 Å². The quantitative estimate of drug-likeness (QED) is 0.780. The minimum Gasteiger partial charge on any atom is -0.324 e. The first-order valence-electron chi connectivity index (χ1n) is 4.14. The Hall–Kier alpha value is -1.89. The highest BCUT2D eigenvalue weighted by molar-refractivity contribution is 5.32. The van der Waals surface area contributed by atoms with E-state index in [1.54, 1.807) is 0 Å². The van der Waals surface area contributed by atoms with Crippen LogP contribution in [0.25, 0.3) is 5.69 Å². The van der Waals surface area contributed by atoms with Crippen molar-refractivity contribution in [2.45, 2.75) is 6.54 Å². The van der Waals surface area contributed by atoms with Crippen LogP contribution in [0.1, 0.15) is 5.82 Å². The van der Waals surface area contributed by atoms with Gasteiger partial charge >= 0.3 is 0 Å². The van der Waals surface area contributed by atoms with Crippen LogP contribution in [0.5, 0.6) is 0 Å². The molecule has 1 aromatic carbocycles. The fourth-order valence-electron chi connectivity index (χ4n) is 1.20. The summed E-state index contributed by atoms with van der Waals surface area (Å²) in [5, 5.41) is 10.6. The predicted molar refractivity (Wildman–Crippen MR) is 47.0 cm³/mol. The number of rotatable bonds is 2. The fourth-order valence-corrected chi connectivity index (χ4v) is 1.20. The number of nitrogens with two attached hydrogens (primary N) is 1. The molecule has 0 amide bonds. The summed E-state index contributed by atoms with van der Waals surface area (Å²) >= 11 is 0. The van der Waals surface area contributed by atoms with E-state index < -0.39 is 11.6 Å². The first kappa shape index (κ1) is 9.66. The van der Waals surface area contributed by atoms with Crippen LogP contribution in [0.3, 0.4) is 0 Å². The van der Waals surface area contributed by atoms with Crippen molar-refractivity contribution >= 4 is 0 Å². The Morgan fingerprint density at radius 3 is 2.47 bits per heavy atom. The maximum absolute atomic E-state index is 12.9. The smallest absolute Gasteiger partial charge is 0.170 e. The zero-order valence-corrected chi connectivity index (χ0v) is 7.56. The third-order valence-corrected chi connectivity index (χ3v) is 1.81. The molecule has 15 heavy (non-hydrogen) atoms. The molecule has 1 aromatic heterocycles. The van der Waals surface area contributed by atoms with Crippen molar-refractivity contribution in [3.8, 4) is 5.69 Å². The minimum absolute atomic E-state index is 0.0884. The van der Waals surface area contributed by atoms with Gasteiger partial charge in [-0.1, -0.05) is 0 Å². The van der Waals surface area contributed by atoms with Crippen molar-refractivity contribution in [1.82, 2.24) is 20.2 Å². The Morgan fingerprint density at radius 1 is 1.20 bits per heavy atom. The second kappa shape index (κ2) is 3.70. The molecule has 0 fully saturated rings. The number of hydrogen-bond acceptors (Lipinski definition) is 4. The standard InChI is InChI=1S/C8H7F2N5/c9-5-1-6(10)3-7(2-5)15-8(4-11)12-13-14-15/h1-3H,4,11H2. The molecule has 0 spiro atoms. The average molecular weight is 211 g/mol. The predicted octanol–water partition coefficient (Wildman–Crippen LogP) is 0.399. The first-order chi connectivity index (χ1) is 7.20. The van der Waals surface area contributed by atoms with Gasteiger partial charge in [-0.25, -0.2) is 8.78 Å². The summed E-state index contributed by atoms with van der Waals surface area (Å²) in [6.07, 6.45) is 0. The second-order valence-corrected chi connectivity index (χ2v) is 2.84. The van der Waals surface area contributed by atoms with Crippen LogP contribution in [0.15, 0.2) is 18.2 Å². The first-order valence-corrected chi connectivity index (χ1v) is 4.14. The lowest BCUT2D eigenvalue weighted by molar-refractivity contribution is 0.578. The third kappa shape index (κ3) is 1.82. The summed E-state index contributed by atoms with van der Waals surface area (Å²) in [5.74, 6) is -1.05. The van der Waals surface area contributed by atoms with Gasteiger partial charge in [0.05, 0.1) is 12.2 Å². The summed E-state index contributed by atoms with van der Waals surface area (Å²) in [5.41, 5.74) is 5.56. The van der Waals surface area contributed by atoms with Crippen molar-refractivity contribution in [2.75, 3.05) is 0 Å². The van der Waals surface area contributed by atoms with Gasteiger partial charge in [0.1, 0.15) is 11.6 Å². The summed E-state index contributed by atoms with van der Waals surface area (Å²) in [6, 6.07) is 3.02. The van der Waals surface area contributed by atoms with Gasteiger partial charge in [0.25, 0.3) is 0 Å². The van der Waals surface area contributed by atoms with Gasteiger partial charge < -0.3 is 5.73 Å². The number of tetrazole rings is 1. The molecule has 0 aliphatic heterocycles. The molecule has 0 unspecified atom stereocenters. The highest BCUT2D eigenvalue weighted by Crippen LogP contribution is 2.12. The SMILES string of the molecule is NCc1nnnn1-c1cc(F)cc(F)c1. The molecule has 0 aliphatic carbocycles. The molecule has 78 valence electrons. The number of aromatic nitrogens is 4. The van der Waals surface area contributed by atoms with Crippen LogP contribution in [0.4, 0.5) is 8.78 Å². The summed E-state index contributed by atoms with van der Waals surface area (Å²) in [7, 11) is 0. The Labute approximate surface area is 83.5 Å². The van der Waals surface area contributed by atoms with E-state index in [0.717, 1.165) is 18.2 Å². The van der Waals surface area contributed by atoms with Gasteiger partial charge in [-0.05, 0) is 22.6 Å². The van der Waals surface area contributed by atoms with Crippen LogP contribution in [0.2, 0.25) is 0 Å². The van der Waals surface area contributed by atoms with Gasteiger partial charge in [0.15, 0.2) is 5.82 Å². The van der Waals surface area contributed by atoms with E-state index in [2.05, 4.69) is 15.5 Å². The summed E-state index contributed by atoms with van der Waals surface area (Å²) in [4.78, 5) is 0. The molecule has 0 aliphatic rings. The molecule has 2 rings (SSSR count). The molecule has 0 saturated heterocycles. The number of nitrogens with zero attached hydrogens (tertiary/aromatic N) is 4.